The van der Waals surface area contributed by atoms with E-state index in [0.717, 1.165) is 47.1 Å². The molecule has 1 aliphatic carbocycles. The number of rotatable bonds is 5. The van der Waals surface area contributed by atoms with Gasteiger partial charge in [-0.25, -0.2) is 9.78 Å². The van der Waals surface area contributed by atoms with Gasteiger partial charge in [0.25, 0.3) is 5.91 Å². The van der Waals surface area contributed by atoms with E-state index in [9.17, 15) is 22.8 Å². The predicted octanol–water partition coefficient (Wildman–Crippen LogP) is 6.53. The summed E-state index contributed by atoms with van der Waals surface area (Å²) in [5.74, 6) is -0.994. The molecule has 0 aromatic carbocycles. The molecule has 4 heterocycles. The number of nitrogens with zero attached hydrogens (tertiary/aromatic N) is 1. The van der Waals surface area contributed by atoms with Crippen LogP contribution < -0.4 is 11.1 Å². The van der Waals surface area contributed by atoms with Crippen LogP contribution in [0, 0.1) is 0 Å². The third-order valence-corrected chi connectivity index (χ3v) is 8.17. The number of fused-ring (bicyclic) bond motifs is 2. The Kier molecular flexibility index (Phi) is 6.25. The molecule has 0 saturated heterocycles. The van der Waals surface area contributed by atoms with Crippen LogP contribution in [0.15, 0.2) is 28.9 Å². The summed E-state index contributed by atoms with van der Waals surface area (Å²) in [5.41, 5.74) is 6.46. The molecule has 0 saturated carbocycles. The standard InChI is InChI=1S/C24H20F3N3O4S2/c1-2-33-23(32)17-11-6-3-4-8-14(11)35-22(17)30-20(31)19-18(28)16-12(13-7-5-9-34-13)10-15(24(25,26)27)29-21(16)36-19/h5,7,9-10H,2-4,6,8,28H2,1H3,(H,30,31). The number of carbonyl (C=O) groups is 2. The van der Waals surface area contributed by atoms with Crippen molar-refractivity contribution in [1.82, 2.24) is 4.98 Å². The van der Waals surface area contributed by atoms with Gasteiger partial charge in [0.2, 0.25) is 0 Å². The Labute approximate surface area is 211 Å². The fraction of sp³-hybridized carbons (Fsp3) is 0.292. The highest BCUT2D eigenvalue weighted by Gasteiger charge is 2.35. The van der Waals surface area contributed by atoms with E-state index in [1.165, 1.54) is 23.7 Å². The highest BCUT2D eigenvalue weighted by molar-refractivity contribution is 7.21. The van der Waals surface area contributed by atoms with Gasteiger partial charge >= 0.3 is 12.1 Å². The number of aryl methyl sites for hydroxylation is 1. The summed E-state index contributed by atoms with van der Waals surface area (Å²) in [6, 6.07) is 3.91. The minimum Gasteiger partial charge on any atom is -0.464 e. The zero-order chi connectivity index (χ0) is 25.6. The first kappa shape index (κ1) is 24.3. The van der Waals surface area contributed by atoms with Crippen LogP contribution in [-0.2, 0) is 23.8 Å². The van der Waals surface area contributed by atoms with Crippen LogP contribution in [0.1, 0.15) is 55.9 Å². The van der Waals surface area contributed by atoms with Crippen LogP contribution >= 0.6 is 22.7 Å². The lowest BCUT2D eigenvalue weighted by molar-refractivity contribution is -0.140. The van der Waals surface area contributed by atoms with Gasteiger partial charge in [0.05, 0.1) is 24.1 Å². The number of anilines is 2. The van der Waals surface area contributed by atoms with Gasteiger partial charge in [-0.3, -0.25) is 4.79 Å². The average molecular weight is 536 g/mol. The summed E-state index contributed by atoms with van der Waals surface area (Å²) in [6.07, 6.45) is 0.0357. The number of nitrogen functional groups attached to an aromatic ring is 1. The van der Waals surface area contributed by atoms with E-state index in [1.54, 1.807) is 13.0 Å². The number of esters is 1. The van der Waals surface area contributed by atoms with E-state index < -0.39 is 23.7 Å². The Morgan fingerprint density at radius 1 is 1.25 bits per heavy atom. The fourth-order valence-corrected chi connectivity index (χ4v) is 6.58. The summed E-state index contributed by atoms with van der Waals surface area (Å²) >= 11 is 2.06. The minimum absolute atomic E-state index is 0.00851. The maximum Gasteiger partial charge on any atom is 0.433 e. The van der Waals surface area contributed by atoms with Crippen molar-refractivity contribution in [2.45, 2.75) is 38.8 Å². The number of nitrogens with two attached hydrogens (primary N) is 1. The molecule has 4 aromatic heterocycles. The molecule has 0 unspecified atom stereocenters. The van der Waals surface area contributed by atoms with Crippen molar-refractivity contribution in [2.75, 3.05) is 17.7 Å². The number of nitrogens with one attached hydrogen (secondary N) is 1. The van der Waals surface area contributed by atoms with Crippen molar-refractivity contribution in [2.24, 2.45) is 0 Å². The monoisotopic (exact) mass is 535 g/mol. The highest BCUT2D eigenvalue weighted by Crippen LogP contribution is 2.44. The predicted molar refractivity (Wildman–Crippen MR) is 132 cm³/mol. The number of pyridine rings is 1. The van der Waals surface area contributed by atoms with Crippen molar-refractivity contribution in [1.29, 1.82) is 0 Å². The van der Waals surface area contributed by atoms with Crippen molar-refractivity contribution < 1.29 is 31.9 Å². The summed E-state index contributed by atoms with van der Waals surface area (Å²) in [4.78, 5) is 30.7. The minimum atomic E-state index is -4.71. The first-order chi connectivity index (χ1) is 17.2. The summed E-state index contributed by atoms with van der Waals surface area (Å²) in [7, 11) is 0. The van der Waals surface area contributed by atoms with Gasteiger partial charge in [-0.15, -0.1) is 22.7 Å². The molecular formula is C24H20F3N3O4S2. The first-order valence-corrected chi connectivity index (χ1v) is 12.8. The molecule has 3 N–H and O–H groups in total. The second kappa shape index (κ2) is 9.25. The normalized spacial score (nSPS) is 13.6. The van der Waals surface area contributed by atoms with Gasteiger partial charge in [-0.1, -0.05) is 0 Å². The number of thiophene rings is 2. The lowest BCUT2D eigenvalue weighted by Crippen LogP contribution is -2.15. The Balaban J connectivity index is 1.59. The smallest absolute Gasteiger partial charge is 0.433 e. The van der Waals surface area contributed by atoms with Crippen molar-refractivity contribution in [3.8, 4) is 11.3 Å². The van der Waals surface area contributed by atoms with Crippen LogP contribution in [0.25, 0.3) is 21.5 Å². The molecule has 0 spiro atoms. The molecular weight excluding hydrogens is 515 g/mol. The first-order valence-electron chi connectivity index (χ1n) is 11.2. The maximum absolute atomic E-state index is 13.5. The molecule has 1 aliphatic rings. The molecule has 5 rings (SSSR count). The summed E-state index contributed by atoms with van der Waals surface area (Å²) in [5, 5.41) is 3.30. The Bertz CT molecular complexity index is 1470. The van der Waals surface area contributed by atoms with Crippen LogP contribution in [-0.4, -0.2) is 23.5 Å². The van der Waals surface area contributed by atoms with Crippen molar-refractivity contribution in [3.05, 3.63) is 51.0 Å². The molecule has 12 heteroatoms. The van der Waals surface area contributed by atoms with Gasteiger partial charge in [-0.2, -0.15) is 13.2 Å². The second-order valence-corrected chi connectivity index (χ2v) is 10.2. The molecule has 4 aromatic rings. The summed E-state index contributed by atoms with van der Waals surface area (Å²) < 4.78 is 51.2. The highest BCUT2D eigenvalue weighted by atomic mass is 32.1. The van der Waals surface area contributed by atoms with Crippen LogP contribution in [0.2, 0.25) is 0 Å². The molecule has 0 atom stereocenters. The summed E-state index contributed by atoms with van der Waals surface area (Å²) in [6.45, 7) is 1.88. The number of alkyl halides is 3. The lowest BCUT2D eigenvalue weighted by atomic mass is 9.95. The zero-order valence-electron chi connectivity index (χ0n) is 19.0. The van der Waals surface area contributed by atoms with Gasteiger partial charge < -0.3 is 20.2 Å². The SMILES string of the molecule is CCOC(=O)c1c(NC(=O)c2sc3nc(C(F)(F)F)cc(-c4ccco4)c3c2N)sc2c1CCCC2. The lowest BCUT2D eigenvalue weighted by Gasteiger charge is -2.12. The van der Waals surface area contributed by atoms with E-state index in [-0.39, 0.29) is 38.7 Å². The largest absolute Gasteiger partial charge is 0.464 e. The number of amides is 1. The number of hydrogen-bond donors (Lipinski definition) is 2. The Hall–Kier alpha value is -3.38. The van der Waals surface area contributed by atoms with E-state index in [1.807, 2.05) is 0 Å². The third kappa shape index (κ3) is 4.24. The number of halogens is 3. The molecule has 1 amide bonds. The fourth-order valence-electron chi connectivity index (χ4n) is 4.29. The molecule has 0 fully saturated rings. The van der Waals surface area contributed by atoms with E-state index in [4.69, 9.17) is 14.9 Å². The molecule has 0 radical (unpaired) electrons. The van der Waals surface area contributed by atoms with Gasteiger partial charge in [0, 0.05) is 15.8 Å². The number of aromatic nitrogens is 1. The van der Waals surface area contributed by atoms with Gasteiger partial charge in [-0.05, 0) is 56.4 Å². The molecule has 7 nitrogen and oxygen atoms in total. The van der Waals surface area contributed by atoms with Gasteiger partial charge in [0.1, 0.15) is 26.2 Å². The molecule has 0 bridgehead atoms. The molecule has 188 valence electrons. The van der Waals surface area contributed by atoms with E-state index in [2.05, 4.69) is 10.3 Å². The maximum atomic E-state index is 13.5. The average Bonchev–Trinajstić information content (AvgIpc) is 3.55. The number of hydrogen-bond acceptors (Lipinski definition) is 8. The van der Waals surface area contributed by atoms with Crippen molar-refractivity contribution >= 4 is 55.5 Å². The second-order valence-electron chi connectivity index (χ2n) is 8.14. The van der Waals surface area contributed by atoms with Gasteiger partial charge in [0.15, 0.2) is 0 Å². The van der Waals surface area contributed by atoms with Crippen LogP contribution in [0.5, 0.6) is 0 Å². The Morgan fingerprint density at radius 2 is 2.03 bits per heavy atom. The molecule has 36 heavy (non-hydrogen) atoms. The zero-order valence-corrected chi connectivity index (χ0v) is 20.6. The van der Waals surface area contributed by atoms with Crippen molar-refractivity contribution in [3.63, 3.8) is 0 Å². The van der Waals surface area contributed by atoms with Crippen LogP contribution in [0.4, 0.5) is 23.9 Å². The number of carbonyl (C=O) groups excluding carboxylic acids is 2. The third-order valence-electron chi connectivity index (χ3n) is 5.86. The Morgan fingerprint density at radius 3 is 2.72 bits per heavy atom. The van der Waals surface area contributed by atoms with E-state index >= 15 is 0 Å². The number of ether oxygens (including phenoxy) is 1. The topological polar surface area (TPSA) is 107 Å². The number of furan rings is 1. The van der Waals surface area contributed by atoms with Crippen LogP contribution in [0.3, 0.4) is 0 Å². The van der Waals surface area contributed by atoms with E-state index in [0.29, 0.717) is 17.0 Å². The molecule has 0 aliphatic heterocycles. The quantitative estimate of drug-likeness (QED) is 0.282.